The Labute approximate surface area is 180 Å². The predicted molar refractivity (Wildman–Crippen MR) is 120 cm³/mol. The Bertz CT molecular complexity index is 758. The van der Waals surface area contributed by atoms with Gasteiger partial charge in [0.1, 0.15) is 24.3 Å². The number of aliphatic hydroxyl groups is 1. The van der Waals surface area contributed by atoms with E-state index in [9.17, 15) is 5.11 Å². The van der Waals surface area contributed by atoms with Crippen LogP contribution >= 0.6 is 0 Å². The number of rotatable bonds is 11. The van der Waals surface area contributed by atoms with Crippen LogP contribution in [0.15, 0.2) is 36.7 Å². The molecule has 0 spiro atoms. The molecule has 1 atom stereocenters. The molecule has 1 saturated heterocycles. The molecule has 3 rings (SSSR count). The molecule has 1 aliphatic rings. The van der Waals surface area contributed by atoms with Crippen molar-refractivity contribution in [3.8, 4) is 5.75 Å². The zero-order chi connectivity index (χ0) is 21.3. The van der Waals surface area contributed by atoms with E-state index in [-0.39, 0.29) is 0 Å². The summed E-state index contributed by atoms with van der Waals surface area (Å²) in [5, 5.41) is 10.4. The Morgan fingerprint density at radius 2 is 1.87 bits per heavy atom. The van der Waals surface area contributed by atoms with E-state index in [4.69, 9.17) is 4.74 Å². The lowest BCUT2D eigenvalue weighted by molar-refractivity contribution is 0.0470. The molecule has 166 valence electrons. The predicted octanol–water partition coefficient (Wildman–Crippen LogP) is 1.91. The average molecular weight is 416 g/mol. The van der Waals surface area contributed by atoms with Crippen LogP contribution in [0.1, 0.15) is 25.2 Å². The summed E-state index contributed by atoms with van der Waals surface area (Å²) in [5.74, 6) is 1.89. The molecule has 0 amide bonds. The van der Waals surface area contributed by atoms with Crippen LogP contribution in [0.2, 0.25) is 0 Å². The molecule has 0 aliphatic carbocycles. The first-order chi connectivity index (χ1) is 14.6. The molecule has 1 fully saturated rings. The molecule has 1 aromatic heterocycles. The van der Waals surface area contributed by atoms with Gasteiger partial charge in [-0.05, 0) is 38.2 Å². The summed E-state index contributed by atoms with van der Waals surface area (Å²) in [5.41, 5.74) is 1.19. The van der Waals surface area contributed by atoms with E-state index < -0.39 is 6.10 Å². The van der Waals surface area contributed by atoms with E-state index in [0.29, 0.717) is 13.2 Å². The minimum Gasteiger partial charge on any atom is -0.491 e. The standard InChI is InChI=1S/C23H37N5O2/c1-4-26-11-13-27(14-12-26)17-21(29)19-30-22-8-6-7-20(15-22)16-25(3)18-23-24-9-10-28(23)5-2/h6-10,15,21,29H,4-5,11-14,16-19H2,1-3H3. The summed E-state index contributed by atoms with van der Waals surface area (Å²) >= 11 is 0. The number of likely N-dealkylation sites (N-methyl/N-ethyl adjacent to an activating group) is 1. The average Bonchev–Trinajstić information content (AvgIpc) is 3.20. The van der Waals surface area contributed by atoms with Crippen LogP contribution in [0.25, 0.3) is 0 Å². The Hall–Kier alpha value is -1.93. The van der Waals surface area contributed by atoms with Crippen LogP contribution < -0.4 is 4.74 Å². The number of β-amino-alcohol motifs (C(OH)–C–C–N with tert-alkyl or cyclic N) is 1. The largest absolute Gasteiger partial charge is 0.491 e. The number of aryl methyl sites for hydroxylation is 1. The molecule has 1 aliphatic heterocycles. The van der Waals surface area contributed by atoms with Crippen molar-refractivity contribution in [2.45, 2.75) is 39.6 Å². The van der Waals surface area contributed by atoms with E-state index in [0.717, 1.165) is 63.9 Å². The first-order valence-corrected chi connectivity index (χ1v) is 11.1. The van der Waals surface area contributed by atoms with Gasteiger partial charge in [-0.1, -0.05) is 19.1 Å². The van der Waals surface area contributed by atoms with E-state index in [2.05, 4.69) is 57.3 Å². The molecule has 1 aromatic carbocycles. The molecule has 2 aromatic rings. The highest BCUT2D eigenvalue weighted by atomic mass is 16.5. The lowest BCUT2D eigenvalue weighted by Gasteiger charge is -2.34. The number of aromatic nitrogens is 2. The van der Waals surface area contributed by atoms with E-state index in [1.54, 1.807) is 0 Å². The zero-order valence-electron chi connectivity index (χ0n) is 18.7. The van der Waals surface area contributed by atoms with Gasteiger partial charge in [0.25, 0.3) is 0 Å². The molecule has 2 heterocycles. The third kappa shape index (κ3) is 6.80. The van der Waals surface area contributed by atoms with E-state index in [1.165, 1.54) is 5.56 Å². The van der Waals surface area contributed by atoms with Gasteiger partial charge in [0.05, 0.1) is 6.54 Å². The first kappa shape index (κ1) is 22.7. The van der Waals surface area contributed by atoms with Crippen molar-refractivity contribution >= 4 is 0 Å². The highest BCUT2D eigenvalue weighted by Gasteiger charge is 2.18. The van der Waals surface area contributed by atoms with Gasteiger partial charge >= 0.3 is 0 Å². The van der Waals surface area contributed by atoms with Crippen LogP contribution in [0.5, 0.6) is 5.75 Å². The van der Waals surface area contributed by atoms with Crippen molar-refractivity contribution in [3.63, 3.8) is 0 Å². The quantitative estimate of drug-likeness (QED) is 0.605. The number of nitrogens with zero attached hydrogens (tertiary/aromatic N) is 5. The normalized spacial score (nSPS) is 16.8. The van der Waals surface area contributed by atoms with Crippen LogP contribution in [-0.2, 0) is 19.6 Å². The van der Waals surface area contributed by atoms with Crippen molar-refractivity contribution in [2.75, 3.05) is 52.9 Å². The number of piperazine rings is 1. The summed E-state index contributed by atoms with van der Waals surface area (Å²) in [6.07, 6.45) is 3.40. The monoisotopic (exact) mass is 415 g/mol. The zero-order valence-corrected chi connectivity index (χ0v) is 18.7. The van der Waals surface area contributed by atoms with Crippen LogP contribution in [0, 0.1) is 0 Å². The molecule has 7 nitrogen and oxygen atoms in total. The van der Waals surface area contributed by atoms with Gasteiger partial charge in [-0.25, -0.2) is 4.98 Å². The second-order valence-corrected chi connectivity index (χ2v) is 8.15. The van der Waals surface area contributed by atoms with Gasteiger partial charge in [-0.15, -0.1) is 0 Å². The fraction of sp³-hybridized carbons (Fsp3) is 0.609. The third-order valence-electron chi connectivity index (χ3n) is 5.73. The Morgan fingerprint density at radius 1 is 1.10 bits per heavy atom. The fourth-order valence-electron chi connectivity index (χ4n) is 3.95. The smallest absolute Gasteiger partial charge is 0.122 e. The van der Waals surface area contributed by atoms with Gasteiger partial charge < -0.3 is 19.3 Å². The van der Waals surface area contributed by atoms with Gasteiger partial charge in [-0.3, -0.25) is 9.80 Å². The SMILES string of the molecule is CCN1CCN(CC(O)COc2cccc(CN(C)Cc3nccn3CC)c2)CC1. The van der Waals surface area contributed by atoms with Gasteiger partial charge in [-0.2, -0.15) is 0 Å². The molecule has 30 heavy (non-hydrogen) atoms. The topological polar surface area (TPSA) is 57.0 Å². The van der Waals surface area contributed by atoms with Gasteiger partial charge in [0.2, 0.25) is 0 Å². The van der Waals surface area contributed by atoms with Gasteiger partial charge in [0.15, 0.2) is 0 Å². The number of ether oxygens (including phenoxy) is 1. The number of imidazole rings is 1. The minimum atomic E-state index is -0.475. The number of aliphatic hydroxyl groups excluding tert-OH is 1. The van der Waals surface area contributed by atoms with Crippen molar-refractivity contribution in [2.24, 2.45) is 0 Å². The molecular formula is C23H37N5O2. The summed E-state index contributed by atoms with van der Waals surface area (Å²) in [4.78, 5) is 11.5. The number of benzene rings is 1. The summed E-state index contributed by atoms with van der Waals surface area (Å²) in [6.45, 7) is 13.2. The van der Waals surface area contributed by atoms with Crippen LogP contribution in [-0.4, -0.2) is 88.4 Å². The van der Waals surface area contributed by atoms with Crippen molar-refractivity contribution < 1.29 is 9.84 Å². The maximum atomic E-state index is 10.4. The molecule has 0 saturated carbocycles. The molecule has 0 bridgehead atoms. The number of hydrogen-bond acceptors (Lipinski definition) is 6. The molecule has 0 radical (unpaired) electrons. The molecular weight excluding hydrogens is 378 g/mol. The second-order valence-electron chi connectivity index (χ2n) is 8.15. The maximum absolute atomic E-state index is 10.4. The first-order valence-electron chi connectivity index (χ1n) is 11.1. The molecule has 1 unspecified atom stereocenters. The fourth-order valence-corrected chi connectivity index (χ4v) is 3.95. The highest BCUT2D eigenvalue weighted by molar-refractivity contribution is 5.28. The molecule has 1 N–H and O–H groups in total. The van der Waals surface area contributed by atoms with Crippen molar-refractivity contribution in [3.05, 3.63) is 48.0 Å². The Morgan fingerprint density at radius 3 is 2.60 bits per heavy atom. The minimum absolute atomic E-state index is 0.321. The van der Waals surface area contributed by atoms with E-state index in [1.807, 2.05) is 24.5 Å². The number of hydrogen-bond donors (Lipinski definition) is 1. The highest BCUT2D eigenvalue weighted by Crippen LogP contribution is 2.16. The van der Waals surface area contributed by atoms with Crippen molar-refractivity contribution in [1.82, 2.24) is 24.3 Å². The van der Waals surface area contributed by atoms with Crippen LogP contribution in [0.4, 0.5) is 0 Å². The Balaban J connectivity index is 1.43. The van der Waals surface area contributed by atoms with Crippen LogP contribution in [0.3, 0.4) is 0 Å². The molecule has 7 heteroatoms. The lowest BCUT2D eigenvalue weighted by Crippen LogP contribution is -2.49. The lowest BCUT2D eigenvalue weighted by atomic mass is 10.2. The Kier molecular flexibility index (Phi) is 8.69. The summed E-state index contributed by atoms with van der Waals surface area (Å²) in [7, 11) is 2.10. The summed E-state index contributed by atoms with van der Waals surface area (Å²) < 4.78 is 8.06. The maximum Gasteiger partial charge on any atom is 0.122 e. The third-order valence-corrected chi connectivity index (χ3v) is 5.73. The second kappa shape index (κ2) is 11.5. The van der Waals surface area contributed by atoms with E-state index >= 15 is 0 Å². The van der Waals surface area contributed by atoms with Crippen molar-refractivity contribution in [1.29, 1.82) is 0 Å². The van der Waals surface area contributed by atoms with Gasteiger partial charge in [0, 0.05) is 58.2 Å². The summed E-state index contributed by atoms with van der Waals surface area (Å²) in [6, 6.07) is 8.15.